The number of nitrogens with one attached hydrogen (secondary N) is 1. The lowest BCUT2D eigenvalue weighted by atomic mass is 10.1. The highest BCUT2D eigenvalue weighted by Crippen LogP contribution is 2.17. The second-order valence-electron chi connectivity index (χ2n) is 6.17. The molecule has 2 aromatic rings. The lowest BCUT2D eigenvalue weighted by Gasteiger charge is -2.32. The summed E-state index contributed by atoms with van der Waals surface area (Å²) in [7, 11) is -3.33. The molecule has 2 heterocycles. The molecule has 0 saturated carbocycles. The van der Waals surface area contributed by atoms with Gasteiger partial charge in [0.05, 0.1) is 5.75 Å². The molecular weight excluding hydrogens is 324 g/mol. The highest BCUT2D eigenvalue weighted by molar-refractivity contribution is 7.88. The van der Waals surface area contributed by atoms with Gasteiger partial charge < -0.3 is 4.90 Å². The molecule has 0 amide bonds. The van der Waals surface area contributed by atoms with Gasteiger partial charge >= 0.3 is 0 Å². The standard InChI is InChI=1S/C17H22N4O2S/c1-14-3-5-15(6-4-14)13-24(22,23)20-16-7-11-21(12-8-16)17-18-9-2-10-19-17/h2-6,9-10,16,20H,7-8,11-13H2,1H3. The van der Waals surface area contributed by atoms with E-state index in [0.717, 1.165) is 37.1 Å². The molecule has 6 nitrogen and oxygen atoms in total. The molecule has 0 spiro atoms. The summed E-state index contributed by atoms with van der Waals surface area (Å²) in [5, 5.41) is 0. The molecule has 0 radical (unpaired) electrons. The largest absolute Gasteiger partial charge is 0.341 e. The Morgan fingerprint density at radius 2 is 1.75 bits per heavy atom. The fourth-order valence-corrected chi connectivity index (χ4v) is 4.31. The van der Waals surface area contributed by atoms with Crippen LogP contribution in [0.1, 0.15) is 24.0 Å². The molecule has 3 rings (SSSR count). The van der Waals surface area contributed by atoms with Crippen LogP contribution in [0.2, 0.25) is 0 Å². The smallest absolute Gasteiger partial charge is 0.225 e. The van der Waals surface area contributed by atoms with Gasteiger partial charge in [0.2, 0.25) is 16.0 Å². The SMILES string of the molecule is Cc1ccc(CS(=O)(=O)NC2CCN(c3ncccn3)CC2)cc1. The van der Waals surface area contributed by atoms with Crippen LogP contribution in [0.3, 0.4) is 0 Å². The van der Waals surface area contributed by atoms with Crippen molar-refractivity contribution < 1.29 is 8.42 Å². The Kier molecular flexibility index (Phi) is 5.11. The molecule has 24 heavy (non-hydrogen) atoms. The van der Waals surface area contributed by atoms with E-state index < -0.39 is 10.0 Å². The average molecular weight is 346 g/mol. The van der Waals surface area contributed by atoms with Gasteiger partial charge in [0, 0.05) is 31.5 Å². The second kappa shape index (κ2) is 7.27. The minimum absolute atomic E-state index is 0.0231. The summed E-state index contributed by atoms with van der Waals surface area (Å²) in [6, 6.07) is 9.36. The minimum atomic E-state index is -3.33. The van der Waals surface area contributed by atoms with Gasteiger partial charge in [-0.2, -0.15) is 0 Å². The Morgan fingerprint density at radius 1 is 1.12 bits per heavy atom. The molecule has 0 aliphatic carbocycles. The maximum atomic E-state index is 12.4. The van der Waals surface area contributed by atoms with E-state index in [1.807, 2.05) is 31.2 Å². The fraction of sp³-hybridized carbons (Fsp3) is 0.412. The Balaban J connectivity index is 1.54. The number of sulfonamides is 1. The third kappa shape index (κ3) is 4.52. The van der Waals surface area contributed by atoms with Crippen molar-refractivity contribution in [3.63, 3.8) is 0 Å². The van der Waals surface area contributed by atoms with Crippen LogP contribution in [0, 0.1) is 6.92 Å². The van der Waals surface area contributed by atoms with Crippen molar-refractivity contribution in [1.29, 1.82) is 0 Å². The lowest BCUT2D eigenvalue weighted by Crippen LogP contribution is -2.45. The summed E-state index contributed by atoms with van der Waals surface area (Å²) in [5.41, 5.74) is 1.93. The highest BCUT2D eigenvalue weighted by atomic mass is 32.2. The van der Waals surface area contributed by atoms with Crippen molar-refractivity contribution >= 4 is 16.0 Å². The van der Waals surface area contributed by atoms with Gasteiger partial charge in [0.1, 0.15) is 0 Å². The first-order chi connectivity index (χ1) is 11.5. The third-order valence-electron chi connectivity index (χ3n) is 4.15. The number of hydrogen-bond donors (Lipinski definition) is 1. The van der Waals surface area contributed by atoms with E-state index in [-0.39, 0.29) is 11.8 Å². The fourth-order valence-electron chi connectivity index (χ4n) is 2.85. The predicted octanol–water partition coefficient (Wildman–Crippen LogP) is 1.87. The summed E-state index contributed by atoms with van der Waals surface area (Å²) in [5.74, 6) is 0.730. The molecule has 0 atom stereocenters. The minimum Gasteiger partial charge on any atom is -0.341 e. The lowest BCUT2D eigenvalue weighted by molar-refractivity contribution is 0.456. The zero-order valence-electron chi connectivity index (χ0n) is 13.7. The van der Waals surface area contributed by atoms with Crippen LogP contribution in [-0.4, -0.2) is 37.5 Å². The van der Waals surface area contributed by atoms with E-state index in [2.05, 4.69) is 19.6 Å². The molecule has 1 aromatic heterocycles. The van der Waals surface area contributed by atoms with Crippen LogP contribution in [0.15, 0.2) is 42.7 Å². The van der Waals surface area contributed by atoms with Gasteiger partial charge in [-0.05, 0) is 31.4 Å². The summed E-state index contributed by atoms with van der Waals surface area (Å²) in [4.78, 5) is 10.6. The summed E-state index contributed by atoms with van der Waals surface area (Å²) in [6.07, 6.45) is 4.95. The van der Waals surface area contributed by atoms with Gasteiger partial charge in [-0.15, -0.1) is 0 Å². The summed E-state index contributed by atoms with van der Waals surface area (Å²) in [6.45, 7) is 3.49. The molecule has 128 valence electrons. The summed E-state index contributed by atoms with van der Waals surface area (Å²) >= 11 is 0. The molecule has 1 fully saturated rings. The number of rotatable bonds is 5. The Hall–Kier alpha value is -1.99. The molecule has 0 unspecified atom stereocenters. The van der Waals surface area contributed by atoms with Crippen molar-refractivity contribution in [2.45, 2.75) is 31.6 Å². The molecule has 1 N–H and O–H groups in total. The monoisotopic (exact) mass is 346 g/mol. The van der Waals surface area contributed by atoms with Crippen LogP contribution < -0.4 is 9.62 Å². The van der Waals surface area contributed by atoms with E-state index in [4.69, 9.17) is 0 Å². The Morgan fingerprint density at radius 3 is 2.38 bits per heavy atom. The molecule has 1 aliphatic heterocycles. The van der Waals surface area contributed by atoms with E-state index >= 15 is 0 Å². The highest BCUT2D eigenvalue weighted by Gasteiger charge is 2.24. The number of benzene rings is 1. The van der Waals surface area contributed by atoms with E-state index in [1.54, 1.807) is 18.5 Å². The van der Waals surface area contributed by atoms with Crippen LogP contribution in [0.5, 0.6) is 0 Å². The number of piperidine rings is 1. The van der Waals surface area contributed by atoms with Gasteiger partial charge in [-0.1, -0.05) is 29.8 Å². The summed E-state index contributed by atoms with van der Waals surface area (Å²) < 4.78 is 27.5. The predicted molar refractivity (Wildman–Crippen MR) is 94.2 cm³/mol. The van der Waals surface area contributed by atoms with E-state index in [9.17, 15) is 8.42 Å². The molecule has 1 saturated heterocycles. The van der Waals surface area contributed by atoms with Crippen molar-refractivity contribution in [3.05, 3.63) is 53.9 Å². The maximum absolute atomic E-state index is 12.4. The van der Waals surface area contributed by atoms with E-state index in [1.165, 1.54) is 0 Å². The van der Waals surface area contributed by atoms with Gasteiger partial charge in [0.15, 0.2) is 0 Å². The van der Waals surface area contributed by atoms with Crippen molar-refractivity contribution in [3.8, 4) is 0 Å². The van der Waals surface area contributed by atoms with Crippen LogP contribution in [0.25, 0.3) is 0 Å². The van der Waals surface area contributed by atoms with E-state index in [0.29, 0.717) is 5.95 Å². The molecule has 7 heteroatoms. The number of aromatic nitrogens is 2. The first-order valence-electron chi connectivity index (χ1n) is 8.09. The van der Waals surface area contributed by atoms with Gasteiger partial charge in [-0.3, -0.25) is 0 Å². The van der Waals surface area contributed by atoms with Crippen molar-refractivity contribution in [1.82, 2.24) is 14.7 Å². The third-order valence-corrected chi connectivity index (χ3v) is 5.56. The first kappa shape index (κ1) is 16.9. The number of aryl methyl sites for hydroxylation is 1. The zero-order chi connectivity index (χ0) is 17.0. The van der Waals surface area contributed by atoms with Gasteiger partial charge in [-0.25, -0.2) is 23.1 Å². The zero-order valence-corrected chi connectivity index (χ0v) is 14.5. The quantitative estimate of drug-likeness (QED) is 0.894. The Labute approximate surface area is 143 Å². The first-order valence-corrected chi connectivity index (χ1v) is 9.74. The maximum Gasteiger partial charge on any atom is 0.225 e. The van der Waals surface area contributed by atoms with Crippen LogP contribution in [-0.2, 0) is 15.8 Å². The van der Waals surface area contributed by atoms with Crippen molar-refractivity contribution in [2.24, 2.45) is 0 Å². The topological polar surface area (TPSA) is 75.2 Å². The number of hydrogen-bond acceptors (Lipinski definition) is 5. The van der Waals surface area contributed by atoms with Crippen LogP contribution >= 0.6 is 0 Å². The number of anilines is 1. The second-order valence-corrected chi connectivity index (χ2v) is 7.93. The normalized spacial score (nSPS) is 16.3. The molecule has 1 aromatic carbocycles. The number of nitrogens with zero attached hydrogens (tertiary/aromatic N) is 3. The Bertz CT molecular complexity index is 755. The molecule has 0 bridgehead atoms. The van der Waals surface area contributed by atoms with Gasteiger partial charge in [0.25, 0.3) is 0 Å². The van der Waals surface area contributed by atoms with Crippen LogP contribution in [0.4, 0.5) is 5.95 Å². The average Bonchev–Trinajstić information content (AvgIpc) is 2.58. The molecule has 1 aliphatic rings. The molecular formula is C17H22N4O2S. The van der Waals surface area contributed by atoms with Crippen molar-refractivity contribution in [2.75, 3.05) is 18.0 Å².